The average Bonchev–Trinajstić information content (AvgIpc) is 2.61. The zero-order valence-corrected chi connectivity index (χ0v) is 17.2. The van der Waals surface area contributed by atoms with Crippen molar-refractivity contribution in [3.8, 4) is 0 Å². The van der Waals surface area contributed by atoms with Gasteiger partial charge in [0.1, 0.15) is 5.82 Å². The zero-order valence-electron chi connectivity index (χ0n) is 15.6. The number of nitrogens with zero attached hydrogens (tertiary/aromatic N) is 2. The molecular weight excluding hydrogens is 399 g/mol. The highest BCUT2D eigenvalue weighted by molar-refractivity contribution is 9.10. The number of piperidine rings is 1. The van der Waals surface area contributed by atoms with Crippen molar-refractivity contribution >= 4 is 22.0 Å². The van der Waals surface area contributed by atoms with E-state index < -0.39 is 0 Å². The van der Waals surface area contributed by atoms with Crippen LogP contribution in [0.5, 0.6) is 0 Å². The number of benzene rings is 1. The summed E-state index contributed by atoms with van der Waals surface area (Å²) < 4.78 is 19.8. The van der Waals surface area contributed by atoms with E-state index in [2.05, 4.69) is 20.8 Å². The number of carbonyl (C=O) groups is 1. The predicted octanol–water partition coefficient (Wildman–Crippen LogP) is 4.32. The van der Waals surface area contributed by atoms with Crippen LogP contribution >= 0.6 is 15.9 Å². The summed E-state index contributed by atoms with van der Waals surface area (Å²) in [6.45, 7) is 8.46. The van der Waals surface area contributed by atoms with Gasteiger partial charge in [0.15, 0.2) is 0 Å². The summed E-state index contributed by atoms with van der Waals surface area (Å²) in [5.41, 5.74) is 1.07. The van der Waals surface area contributed by atoms with Crippen molar-refractivity contribution < 1.29 is 13.9 Å². The third kappa shape index (κ3) is 4.97. The van der Waals surface area contributed by atoms with Crippen LogP contribution in [0.25, 0.3) is 0 Å². The lowest BCUT2D eigenvalue weighted by molar-refractivity contribution is 0.0171. The van der Waals surface area contributed by atoms with Crippen LogP contribution in [0.15, 0.2) is 22.7 Å². The Labute approximate surface area is 163 Å². The maximum absolute atomic E-state index is 13.5. The van der Waals surface area contributed by atoms with E-state index in [1.807, 2.05) is 18.7 Å². The highest BCUT2D eigenvalue weighted by Crippen LogP contribution is 2.27. The van der Waals surface area contributed by atoms with E-state index in [1.165, 1.54) is 6.07 Å². The lowest BCUT2D eigenvalue weighted by Gasteiger charge is -2.39. The molecule has 0 spiro atoms. The summed E-state index contributed by atoms with van der Waals surface area (Å²) in [4.78, 5) is 16.1. The van der Waals surface area contributed by atoms with Crippen molar-refractivity contribution in [2.45, 2.75) is 39.2 Å². The minimum absolute atomic E-state index is 0.165. The second-order valence-electron chi connectivity index (χ2n) is 7.87. The lowest BCUT2D eigenvalue weighted by Crippen LogP contribution is -2.50. The maximum Gasteiger partial charge on any atom is 0.410 e. The van der Waals surface area contributed by atoms with E-state index in [-0.39, 0.29) is 18.0 Å². The van der Waals surface area contributed by atoms with Crippen molar-refractivity contribution in [2.24, 2.45) is 11.8 Å². The molecule has 26 heavy (non-hydrogen) atoms. The van der Waals surface area contributed by atoms with E-state index in [0.717, 1.165) is 55.5 Å². The normalized spacial score (nSPS) is 22.7. The molecule has 0 bridgehead atoms. The van der Waals surface area contributed by atoms with Gasteiger partial charge in [-0.2, -0.15) is 0 Å². The average molecular weight is 427 g/mol. The number of hydrogen-bond donors (Lipinski definition) is 0. The van der Waals surface area contributed by atoms with Gasteiger partial charge in [0.05, 0.1) is 6.61 Å². The van der Waals surface area contributed by atoms with E-state index >= 15 is 0 Å². The lowest BCUT2D eigenvalue weighted by atomic mass is 9.89. The van der Waals surface area contributed by atoms with E-state index in [4.69, 9.17) is 4.74 Å². The number of halogens is 2. The van der Waals surface area contributed by atoms with Gasteiger partial charge in [-0.3, -0.25) is 0 Å². The van der Waals surface area contributed by atoms with Crippen molar-refractivity contribution in [1.82, 2.24) is 9.80 Å². The number of carbonyl (C=O) groups excluding carboxylic acids is 1. The van der Waals surface area contributed by atoms with E-state index in [1.54, 1.807) is 12.1 Å². The van der Waals surface area contributed by atoms with Gasteiger partial charge in [0, 0.05) is 29.5 Å². The van der Waals surface area contributed by atoms with E-state index in [0.29, 0.717) is 18.4 Å². The van der Waals surface area contributed by atoms with Crippen LogP contribution in [-0.4, -0.2) is 54.7 Å². The number of likely N-dealkylation sites (tertiary alicyclic amines) is 1. The first kappa shape index (κ1) is 19.6. The molecule has 2 fully saturated rings. The first-order chi connectivity index (χ1) is 12.4. The molecule has 0 saturated carbocycles. The van der Waals surface area contributed by atoms with Crippen LogP contribution < -0.4 is 0 Å². The van der Waals surface area contributed by atoms with Crippen LogP contribution in [-0.2, 0) is 11.2 Å². The van der Waals surface area contributed by atoms with Gasteiger partial charge in [-0.05, 0) is 75.9 Å². The largest absolute Gasteiger partial charge is 0.449 e. The summed E-state index contributed by atoms with van der Waals surface area (Å²) in [6.07, 6.45) is 3.00. The Morgan fingerprint density at radius 3 is 2.69 bits per heavy atom. The fourth-order valence-corrected chi connectivity index (χ4v) is 4.37. The zero-order chi connectivity index (χ0) is 18.7. The molecule has 0 aliphatic carbocycles. The molecule has 2 saturated heterocycles. The Hall–Kier alpha value is -1.14. The SMILES string of the molecule is CC(C)N1CC(CN2CCC(Cc3cc(F)ccc3Br)CC2)COC1=O. The van der Waals surface area contributed by atoms with Crippen molar-refractivity contribution in [3.05, 3.63) is 34.1 Å². The number of hydrogen-bond acceptors (Lipinski definition) is 3. The molecule has 1 amide bonds. The van der Waals surface area contributed by atoms with Crippen LogP contribution in [0.1, 0.15) is 32.3 Å². The summed E-state index contributed by atoms with van der Waals surface area (Å²) in [7, 11) is 0. The van der Waals surface area contributed by atoms with Gasteiger partial charge in [0.25, 0.3) is 0 Å². The minimum atomic E-state index is -0.185. The quantitative estimate of drug-likeness (QED) is 0.702. The fourth-order valence-electron chi connectivity index (χ4n) is 3.96. The number of ether oxygens (including phenoxy) is 1. The molecule has 3 rings (SSSR count). The Morgan fingerprint density at radius 2 is 2.00 bits per heavy atom. The molecule has 1 unspecified atom stereocenters. The molecule has 1 atom stereocenters. The Bertz CT molecular complexity index is 632. The monoisotopic (exact) mass is 426 g/mol. The van der Waals surface area contributed by atoms with Crippen LogP contribution in [0.2, 0.25) is 0 Å². The van der Waals surface area contributed by atoms with Crippen LogP contribution in [0.4, 0.5) is 9.18 Å². The van der Waals surface area contributed by atoms with Crippen molar-refractivity contribution in [3.63, 3.8) is 0 Å². The predicted molar refractivity (Wildman–Crippen MR) is 104 cm³/mol. The second kappa shape index (κ2) is 8.70. The maximum atomic E-state index is 13.5. The Kier molecular flexibility index (Phi) is 6.56. The van der Waals surface area contributed by atoms with Crippen molar-refractivity contribution in [2.75, 3.05) is 32.8 Å². The molecule has 0 N–H and O–H groups in total. The number of rotatable bonds is 5. The second-order valence-corrected chi connectivity index (χ2v) is 8.73. The molecule has 1 aromatic carbocycles. The molecule has 2 aliphatic rings. The summed E-state index contributed by atoms with van der Waals surface area (Å²) in [5, 5.41) is 0. The van der Waals surface area contributed by atoms with Gasteiger partial charge in [-0.15, -0.1) is 0 Å². The minimum Gasteiger partial charge on any atom is -0.449 e. The fraction of sp³-hybridized carbons (Fsp3) is 0.650. The van der Waals surface area contributed by atoms with Gasteiger partial charge >= 0.3 is 6.09 Å². The van der Waals surface area contributed by atoms with Gasteiger partial charge in [0.2, 0.25) is 0 Å². The Morgan fingerprint density at radius 1 is 1.27 bits per heavy atom. The molecule has 0 aromatic heterocycles. The topological polar surface area (TPSA) is 32.8 Å². The Balaban J connectivity index is 1.46. The molecule has 144 valence electrons. The van der Waals surface area contributed by atoms with Crippen molar-refractivity contribution in [1.29, 1.82) is 0 Å². The summed E-state index contributed by atoms with van der Waals surface area (Å²) in [5.74, 6) is 0.812. The van der Waals surface area contributed by atoms with Gasteiger partial charge < -0.3 is 14.5 Å². The molecule has 2 aliphatic heterocycles. The number of cyclic esters (lactones) is 1. The molecule has 1 aromatic rings. The summed E-state index contributed by atoms with van der Waals surface area (Å²) in [6, 6.07) is 5.12. The molecule has 0 radical (unpaired) electrons. The third-order valence-corrected chi connectivity index (χ3v) is 6.27. The van der Waals surface area contributed by atoms with Crippen LogP contribution in [0.3, 0.4) is 0 Å². The molecule has 2 heterocycles. The summed E-state index contributed by atoms with van der Waals surface area (Å²) >= 11 is 3.53. The highest BCUT2D eigenvalue weighted by atomic mass is 79.9. The first-order valence-corrected chi connectivity index (χ1v) is 10.3. The van der Waals surface area contributed by atoms with Gasteiger partial charge in [-0.1, -0.05) is 15.9 Å². The molecule has 4 nitrogen and oxygen atoms in total. The van der Waals surface area contributed by atoms with E-state index in [9.17, 15) is 9.18 Å². The molecular formula is C20H28BrFN2O2. The first-order valence-electron chi connectivity index (χ1n) is 9.52. The number of amides is 1. The standard InChI is InChI=1S/C20H28BrFN2O2/c1-14(2)24-12-16(13-26-20(24)25)11-23-7-5-15(6-8-23)9-17-10-18(22)3-4-19(17)21/h3-4,10,14-16H,5-9,11-13H2,1-2H3. The van der Waals surface area contributed by atoms with Gasteiger partial charge in [-0.25, -0.2) is 9.18 Å². The smallest absolute Gasteiger partial charge is 0.410 e. The van der Waals surface area contributed by atoms with Crippen LogP contribution in [0, 0.1) is 17.7 Å². The highest BCUT2D eigenvalue weighted by Gasteiger charge is 2.31. The molecule has 6 heteroatoms. The third-order valence-electron chi connectivity index (χ3n) is 5.50.